The normalized spacial score (nSPS) is 15.0. The number of rotatable bonds is 5. The molecule has 2 aliphatic heterocycles. The number of urea groups is 1. The van der Waals surface area contributed by atoms with Gasteiger partial charge in [0.15, 0.2) is 5.82 Å². The second-order valence-electron chi connectivity index (χ2n) is 10.4. The lowest BCUT2D eigenvalue weighted by atomic mass is 9.94. The third-order valence-corrected chi connectivity index (χ3v) is 7.86. The van der Waals surface area contributed by atoms with Gasteiger partial charge in [0, 0.05) is 31.0 Å². The molecule has 0 saturated carbocycles. The van der Waals surface area contributed by atoms with Crippen LogP contribution in [0.3, 0.4) is 0 Å². The zero-order chi connectivity index (χ0) is 28.2. The van der Waals surface area contributed by atoms with Crippen molar-refractivity contribution in [3.8, 4) is 5.75 Å². The second kappa shape index (κ2) is 12.1. The number of anilines is 5. The predicted molar refractivity (Wildman–Crippen MR) is 159 cm³/mol. The van der Waals surface area contributed by atoms with Crippen molar-refractivity contribution in [3.63, 3.8) is 0 Å². The zero-order valence-corrected chi connectivity index (χ0v) is 23.6. The highest BCUT2D eigenvalue weighted by Gasteiger charge is 2.23. The van der Waals surface area contributed by atoms with Crippen LogP contribution in [0.25, 0.3) is 0 Å². The Morgan fingerprint density at radius 3 is 2.83 bits per heavy atom. The quantitative estimate of drug-likeness (QED) is 0.241. The van der Waals surface area contributed by atoms with E-state index in [4.69, 9.17) is 20.8 Å². The van der Waals surface area contributed by atoms with Crippen LogP contribution < -0.4 is 20.7 Å². The van der Waals surface area contributed by atoms with Crippen molar-refractivity contribution in [3.05, 3.63) is 77.1 Å². The van der Waals surface area contributed by atoms with E-state index in [1.54, 1.807) is 24.7 Å². The third-order valence-electron chi connectivity index (χ3n) is 7.59. The molecule has 41 heavy (non-hydrogen) atoms. The van der Waals surface area contributed by atoms with Crippen LogP contribution >= 0.6 is 11.6 Å². The van der Waals surface area contributed by atoms with Gasteiger partial charge in [-0.3, -0.25) is 4.98 Å². The fourth-order valence-corrected chi connectivity index (χ4v) is 5.35. The molecule has 2 aliphatic rings. The molecule has 1 fully saturated rings. The largest absolute Gasteiger partial charge is 0.493 e. The average Bonchev–Trinajstić information content (AvgIpc) is 3.38. The number of amides is 2. The number of aromatic nitrogens is 3. The molecule has 3 N–H and O–H groups in total. The van der Waals surface area contributed by atoms with Crippen LogP contribution in [-0.2, 0) is 12.8 Å². The number of nitrogens with zero attached hydrogens (tertiary/aromatic N) is 4. The number of nitrogens with one attached hydrogen (secondary N) is 3. The SMILES string of the molecule is Cc1occc1NC(=O)N1CCC(CCOc2ccc3cc2CCc2cncc(c2)Nc2ncc(Cl)c(n2)N3)CC1. The first-order chi connectivity index (χ1) is 20.0. The summed E-state index contributed by atoms with van der Waals surface area (Å²) in [6.07, 6.45) is 11.2. The van der Waals surface area contributed by atoms with Gasteiger partial charge in [-0.25, -0.2) is 9.78 Å². The highest BCUT2D eigenvalue weighted by atomic mass is 35.5. The van der Waals surface area contributed by atoms with Gasteiger partial charge < -0.3 is 30.0 Å². The molecule has 1 aromatic carbocycles. The molecule has 6 bridgehead atoms. The minimum atomic E-state index is -0.0751. The molecule has 3 aromatic heterocycles. The number of likely N-dealkylation sites (tertiary alicyclic amines) is 1. The van der Waals surface area contributed by atoms with E-state index >= 15 is 0 Å². The monoisotopic (exact) mass is 573 g/mol. The molecule has 2 amide bonds. The standard InChI is InChI=1S/C30H32ClN7O3/c1-19-26(9-13-40-19)36-30(39)38-10-6-20(7-11-38)8-12-41-27-5-4-23-15-22(27)3-2-21-14-24(17-32-16-21)35-29-33-18-25(31)28(34-23)37-29/h4-5,9,13-18,20H,2-3,6-8,10-12H2,1H3,(H,36,39)(H2,33,34,35,37). The van der Waals surface area contributed by atoms with Crippen molar-refractivity contribution in [2.45, 2.75) is 39.0 Å². The molecule has 4 aromatic rings. The number of carbonyl (C=O) groups is 1. The van der Waals surface area contributed by atoms with Crippen molar-refractivity contribution in [1.82, 2.24) is 19.9 Å². The summed E-state index contributed by atoms with van der Waals surface area (Å²) in [5.41, 5.74) is 4.61. The first-order valence-corrected chi connectivity index (χ1v) is 14.2. The molecule has 1 saturated heterocycles. The maximum Gasteiger partial charge on any atom is 0.321 e. The number of furan rings is 1. The number of ether oxygens (including phenoxy) is 1. The Morgan fingerprint density at radius 2 is 2.00 bits per heavy atom. The van der Waals surface area contributed by atoms with Crippen molar-refractivity contribution in [1.29, 1.82) is 0 Å². The summed E-state index contributed by atoms with van der Waals surface area (Å²) in [4.78, 5) is 27.7. The second-order valence-corrected chi connectivity index (χ2v) is 10.8. The highest BCUT2D eigenvalue weighted by Crippen LogP contribution is 2.31. The van der Waals surface area contributed by atoms with Crippen LogP contribution in [0.15, 0.2) is 59.6 Å². The van der Waals surface area contributed by atoms with E-state index in [0.717, 1.165) is 79.1 Å². The summed E-state index contributed by atoms with van der Waals surface area (Å²) < 4.78 is 11.6. The smallest absolute Gasteiger partial charge is 0.321 e. The van der Waals surface area contributed by atoms with Gasteiger partial charge in [0.2, 0.25) is 5.95 Å². The first kappa shape index (κ1) is 26.9. The zero-order valence-electron chi connectivity index (χ0n) is 22.8. The van der Waals surface area contributed by atoms with Gasteiger partial charge >= 0.3 is 6.03 Å². The molecule has 11 heteroatoms. The van der Waals surface area contributed by atoms with Crippen LogP contribution in [0.2, 0.25) is 5.02 Å². The summed E-state index contributed by atoms with van der Waals surface area (Å²) in [7, 11) is 0. The number of piperidine rings is 1. The lowest BCUT2D eigenvalue weighted by Gasteiger charge is -2.32. The van der Waals surface area contributed by atoms with Crippen molar-refractivity contribution in [2.75, 3.05) is 35.6 Å². The molecule has 5 heterocycles. The average molecular weight is 574 g/mol. The van der Waals surface area contributed by atoms with Gasteiger partial charge in [-0.05, 0) is 80.3 Å². The number of hydrogen-bond donors (Lipinski definition) is 3. The van der Waals surface area contributed by atoms with E-state index in [1.807, 2.05) is 30.2 Å². The van der Waals surface area contributed by atoms with Crippen molar-refractivity contribution < 1.29 is 13.9 Å². The Labute approximate surface area is 243 Å². The highest BCUT2D eigenvalue weighted by molar-refractivity contribution is 6.32. The molecule has 10 nitrogen and oxygen atoms in total. The number of carbonyl (C=O) groups excluding carboxylic acids is 1. The lowest BCUT2D eigenvalue weighted by Crippen LogP contribution is -2.41. The predicted octanol–water partition coefficient (Wildman–Crippen LogP) is 6.73. The minimum Gasteiger partial charge on any atom is -0.493 e. The van der Waals surface area contributed by atoms with Crippen LogP contribution in [0.1, 0.15) is 36.1 Å². The lowest BCUT2D eigenvalue weighted by molar-refractivity contribution is 0.170. The van der Waals surface area contributed by atoms with E-state index in [2.05, 4.69) is 43.0 Å². The van der Waals surface area contributed by atoms with Gasteiger partial charge in [0.1, 0.15) is 16.5 Å². The van der Waals surface area contributed by atoms with E-state index in [-0.39, 0.29) is 6.03 Å². The molecule has 0 atom stereocenters. The summed E-state index contributed by atoms with van der Waals surface area (Å²) in [5, 5.41) is 9.91. The number of benzene rings is 1. The molecule has 0 radical (unpaired) electrons. The maximum absolute atomic E-state index is 12.6. The Balaban J connectivity index is 1.08. The Bertz CT molecular complexity index is 1530. The number of fused-ring (bicyclic) bond motifs is 6. The van der Waals surface area contributed by atoms with Gasteiger partial charge in [0.25, 0.3) is 0 Å². The Morgan fingerprint density at radius 1 is 1.12 bits per heavy atom. The molecular formula is C30H32ClN7O3. The Kier molecular flexibility index (Phi) is 7.91. The van der Waals surface area contributed by atoms with Gasteiger partial charge in [-0.2, -0.15) is 4.98 Å². The van der Waals surface area contributed by atoms with Crippen molar-refractivity contribution >= 4 is 46.5 Å². The molecule has 212 valence electrons. The van der Waals surface area contributed by atoms with Crippen molar-refractivity contribution in [2.24, 2.45) is 5.92 Å². The van der Waals surface area contributed by atoms with Crippen LogP contribution in [0.5, 0.6) is 5.75 Å². The number of aryl methyl sites for hydroxylation is 3. The number of hydrogen-bond acceptors (Lipinski definition) is 8. The summed E-state index contributed by atoms with van der Waals surface area (Å²) in [6, 6.07) is 9.83. The molecular weight excluding hydrogens is 542 g/mol. The van der Waals surface area contributed by atoms with E-state index in [9.17, 15) is 4.79 Å². The summed E-state index contributed by atoms with van der Waals surface area (Å²) >= 11 is 6.39. The number of halogens is 1. The molecule has 6 rings (SSSR count). The molecule has 0 aliphatic carbocycles. The number of pyridine rings is 1. The van der Waals surface area contributed by atoms with Crippen LogP contribution in [-0.4, -0.2) is 45.6 Å². The first-order valence-electron chi connectivity index (χ1n) is 13.9. The van der Waals surface area contributed by atoms with E-state index in [1.165, 1.54) is 0 Å². The van der Waals surface area contributed by atoms with Gasteiger partial charge in [0.05, 0.1) is 36.6 Å². The van der Waals surface area contributed by atoms with E-state index in [0.29, 0.717) is 35.1 Å². The fraction of sp³-hybridized carbons (Fsp3) is 0.333. The summed E-state index contributed by atoms with van der Waals surface area (Å²) in [6.45, 7) is 3.92. The van der Waals surface area contributed by atoms with Gasteiger partial charge in [-0.15, -0.1) is 0 Å². The molecule has 0 spiro atoms. The van der Waals surface area contributed by atoms with E-state index < -0.39 is 0 Å². The minimum absolute atomic E-state index is 0.0751. The maximum atomic E-state index is 12.6. The Hall–Kier alpha value is -4.31. The van der Waals surface area contributed by atoms with Gasteiger partial charge in [-0.1, -0.05) is 11.6 Å². The van der Waals surface area contributed by atoms with Crippen LogP contribution in [0, 0.1) is 12.8 Å². The third kappa shape index (κ3) is 6.54. The molecule has 0 unspecified atom stereocenters. The fourth-order valence-electron chi connectivity index (χ4n) is 5.22. The topological polar surface area (TPSA) is 117 Å². The summed E-state index contributed by atoms with van der Waals surface area (Å²) in [5.74, 6) is 3.05. The van der Waals surface area contributed by atoms with Crippen LogP contribution in [0.4, 0.5) is 33.6 Å².